The van der Waals surface area contributed by atoms with Gasteiger partial charge >= 0.3 is 5.97 Å². The maximum absolute atomic E-state index is 12.1. The third-order valence-electron chi connectivity index (χ3n) is 4.24. The zero-order valence-corrected chi connectivity index (χ0v) is 13.7. The first-order valence-corrected chi connectivity index (χ1v) is 8.24. The molecule has 0 aliphatic rings. The molecule has 0 spiro atoms. The number of para-hydroxylation sites is 1. The number of carbonyl (C=O) groups excluding carboxylic acids is 1. The molecule has 5 nitrogen and oxygen atoms in total. The predicted molar refractivity (Wildman–Crippen MR) is 96.8 cm³/mol. The van der Waals surface area contributed by atoms with Crippen molar-refractivity contribution in [1.29, 1.82) is 0 Å². The number of aromatic nitrogens is 1. The number of Topliss-reactive ketones (excluding diaryl/α,β-unsaturated/α-hetero) is 1. The summed E-state index contributed by atoms with van der Waals surface area (Å²) >= 11 is 0. The maximum Gasteiger partial charge on any atom is 0.321 e. The lowest BCUT2D eigenvalue weighted by Crippen LogP contribution is -2.39. The zero-order chi connectivity index (χ0) is 17.6. The Morgan fingerprint density at radius 1 is 1.04 bits per heavy atom. The first-order chi connectivity index (χ1) is 12.1. The molecule has 2 aromatic carbocycles. The number of benzene rings is 2. The van der Waals surface area contributed by atoms with Crippen molar-refractivity contribution >= 4 is 22.7 Å². The molecular weight excluding hydrogens is 316 g/mol. The molecule has 5 heteroatoms. The Balaban J connectivity index is 1.60. The van der Waals surface area contributed by atoms with Crippen molar-refractivity contribution in [2.24, 2.45) is 0 Å². The van der Waals surface area contributed by atoms with Crippen LogP contribution < -0.4 is 5.32 Å². The molecule has 0 saturated heterocycles. The van der Waals surface area contributed by atoms with E-state index < -0.39 is 12.0 Å². The highest BCUT2D eigenvalue weighted by atomic mass is 16.4. The van der Waals surface area contributed by atoms with E-state index in [2.05, 4.69) is 10.3 Å². The van der Waals surface area contributed by atoms with Crippen LogP contribution in [-0.2, 0) is 11.2 Å². The van der Waals surface area contributed by atoms with Crippen LogP contribution in [0, 0.1) is 0 Å². The van der Waals surface area contributed by atoms with E-state index in [-0.39, 0.29) is 12.2 Å². The first-order valence-electron chi connectivity index (χ1n) is 8.24. The van der Waals surface area contributed by atoms with E-state index in [4.69, 9.17) is 0 Å². The Bertz CT molecular complexity index is 871. The van der Waals surface area contributed by atoms with Gasteiger partial charge in [0.25, 0.3) is 0 Å². The zero-order valence-electron chi connectivity index (χ0n) is 13.7. The van der Waals surface area contributed by atoms with Crippen LogP contribution >= 0.6 is 0 Å². The van der Waals surface area contributed by atoms with Crippen LogP contribution in [0.5, 0.6) is 0 Å². The second kappa shape index (κ2) is 7.77. The third-order valence-corrected chi connectivity index (χ3v) is 4.24. The molecule has 0 amide bonds. The highest BCUT2D eigenvalue weighted by molar-refractivity contribution is 5.96. The molecule has 0 aliphatic carbocycles. The molecular formula is C20H20N2O3. The van der Waals surface area contributed by atoms with Crippen LogP contribution in [0.4, 0.5) is 0 Å². The Kier molecular flexibility index (Phi) is 5.26. The molecule has 3 aromatic rings. The Labute approximate surface area is 145 Å². The monoisotopic (exact) mass is 336 g/mol. The van der Waals surface area contributed by atoms with Crippen molar-refractivity contribution in [3.05, 3.63) is 71.9 Å². The number of fused-ring (bicyclic) bond motifs is 1. The molecule has 1 atom stereocenters. The molecule has 0 saturated carbocycles. The number of aromatic amines is 1. The van der Waals surface area contributed by atoms with Crippen LogP contribution in [-0.4, -0.2) is 34.4 Å². The number of ketones is 1. The summed E-state index contributed by atoms with van der Waals surface area (Å²) in [6.45, 7) is 0.326. The van der Waals surface area contributed by atoms with Crippen molar-refractivity contribution in [3.8, 4) is 0 Å². The van der Waals surface area contributed by atoms with Crippen molar-refractivity contribution in [2.75, 3.05) is 6.54 Å². The van der Waals surface area contributed by atoms with Gasteiger partial charge in [0.05, 0.1) is 0 Å². The van der Waals surface area contributed by atoms with E-state index in [1.165, 1.54) is 0 Å². The molecule has 128 valence electrons. The normalized spacial score (nSPS) is 12.2. The number of hydrogen-bond acceptors (Lipinski definition) is 3. The van der Waals surface area contributed by atoms with Crippen LogP contribution in [0.2, 0.25) is 0 Å². The lowest BCUT2D eigenvalue weighted by atomic mass is 10.0. The van der Waals surface area contributed by atoms with Gasteiger partial charge in [-0.2, -0.15) is 0 Å². The molecule has 0 fully saturated rings. The molecule has 3 rings (SSSR count). The third kappa shape index (κ3) is 4.14. The van der Waals surface area contributed by atoms with Crippen LogP contribution in [0.15, 0.2) is 60.8 Å². The number of rotatable bonds is 8. The number of hydrogen-bond donors (Lipinski definition) is 3. The summed E-state index contributed by atoms with van der Waals surface area (Å²) in [6.07, 6.45) is 2.47. The number of aliphatic carboxylic acids is 1. The van der Waals surface area contributed by atoms with Gasteiger partial charge in [0, 0.05) is 42.0 Å². The Morgan fingerprint density at radius 2 is 1.76 bits per heavy atom. The Morgan fingerprint density at radius 3 is 2.52 bits per heavy atom. The number of carboxylic acid groups (broad SMARTS) is 1. The second-order valence-electron chi connectivity index (χ2n) is 5.95. The smallest absolute Gasteiger partial charge is 0.321 e. The molecule has 0 bridgehead atoms. The fourth-order valence-corrected chi connectivity index (χ4v) is 2.90. The summed E-state index contributed by atoms with van der Waals surface area (Å²) in [6, 6.07) is 16.1. The van der Waals surface area contributed by atoms with Gasteiger partial charge in [-0.3, -0.25) is 9.59 Å². The molecule has 1 heterocycles. The van der Waals surface area contributed by atoms with Crippen molar-refractivity contribution < 1.29 is 14.7 Å². The number of H-pyrrole nitrogens is 1. The molecule has 0 unspecified atom stereocenters. The molecule has 3 N–H and O–H groups in total. The summed E-state index contributed by atoms with van der Waals surface area (Å²) < 4.78 is 0. The second-order valence-corrected chi connectivity index (χ2v) is 5.95. The highest BCUT2D eigenvalue weighted by Crippen LogP contribution is 2.19. The molecule has 25 heavy (non-hydrogen) atoms. The molecule has 1 aromatic heterocycles. The summed E-state index contributed by atoms with van der Waals surface area (Å²) in [5.41, 5.74) is 2.58. The highest BCUT2D eigenvalue weighted by Gasteiger charge is 2.19. The van der Waals surface area contributed by atoms with Gasteiger partial charge in [-0.1, -0.05) is 48.5 Å². The minimum absolute atomic E-state index is 0.00401. The standard InChI is InChI=1S/C20H20N2O3/c23-19(14-6-2-1-3-7-14)10-11-21-18(20(24)25)12-15-13-22-17-9-5-4-8-16(15)17/h1-9,13,18,21-22H,10-12H2,(H,24,25)/t18-/m1/s1. The topological polar surface area (TPSA) is 82.2 Å². The average molecular weight is 336 g/mol. The van der Waals surface area contributed by atoms with Crippen LogP contribution in [0.3, 0.4) is 0 Å². The van der Waals surface area contributed by atoms with Gasteiger partial charge in [-0.15, -0.1) is 0 Å². The molecule has 0 aliphatic heterocycles. The Hall–Kier alpha value is -2.92. The van der Waals surface area contributed by atoms with E-state index in [1.54, 1.807) is 12.1 Å². The van der Waals surface area contributed by atoms with E-state index >= 15 is 0 Å². The lowest BCUT2D eigenvalue weighted by Gasteiger charge is -2.14. The minimum atomic E-state index is -0.919. The van der Waals surface area contributed by atoms with E-state index in [9.17, 15) is 14.7 Å². The number of carboxylic acids is 1. The van der Waals surface area contributed by atoms with Crippen molar-refractivity contribution in [3.63, 3.8) is 0 Å². The fourth-order valence-electron chi connectivity index (χ4n) is 2.90. The summed E-state index contributed by atoms with van der Waals surface area (Å²) in [5.74, 6) is -0.915. The van der Waals surface area contributed by atoms with E-state index in [1.807, 2.05) is 48.7 Å². The minimum Gasteiger partial charge on any atom is -0.480 e. The van der Waals surface area contributed by atoms with Crippen LogP contribution in [0.1, 0.15) is 22.3 Å². The van der Waals surface area contributed by atoms with Crippen molar-refractivity contribution in [2.45, 2.75) is 18.9 Å². The molecule has 0 radical (unpaired) electrons. The van der Waals surface area contributed by atoms with Crippen LogP contribution in [0.25, 0.3) is 10.9 Å². The van der Waals surface area contributed by atoms with E-state index in [0.29, 0.717) is 18.5 Å². The van der Waals surface area contributed by atoms with Crippen molar-refractivity contribution in [1.82, 2.24) is 10.3 Å². The summed E-state index contributed by atoms with van der Waals surface area (Å²) in [5, 5.41) is 13.5. The first kappa shape index (κ1) is 16.9. The van der Waals surface area contributed by atoms with E-state index in [0.717, 1.165) is 16.5 Å². The quantitative estimate of drug-likeness (QED) is 0.552. The predicted octanol–water partition coefficient (Wildman–Crippen LogP) is 3.03. The van der Waals surface area contributed by atoms with Gasteiger partial charge in [0.15, 0.2) is 5.78 Å². The maximum atomic E-state index is 12.1. The number of nitrogens with one attached hydrogen (secondary N) is 2. The van der Waals surface area contributed by atoms with Gasteiger partial charge in [0.2, 0.25) is 0 Å². The average Bonchev–Trinajstić information content (AvgIpc) is 3.04. The lowest BCUT2D eigenvalue weighted by molar-refractivity contribution is -0.139. The number of carbonyl (C=O) groups is 2. The summed E-state index contributed by atoms with van der Waals surface area (Å²) in [7, 11) is 0. The summed E-state index contributed by atoms with van der Waals surface area (Å²) in [4.78, 5) is 26.8. The SMILES string of the molecule is O=C(CCN[C@H](Cc1c[nH]c2ccccc12)C(=O)O)c1ccccc1. The fraction of sp³-hybridized carbons (Fsp3) is 0.200. The van der Waals surface area contributed by atoms with Gasteiger partial charge in [0.1, 0.15) is 6.04 Å². The van der Waals surface area contributed by atoms with Gasteiger partial charge in [-0.05, 0) is 11.6 Å². The van der Waals surface area contributed by atoms with Gasteiger partial charge in [-0.25, -0.2) is 0 Å². The largest absolute Gasteiger partial charge is 0.480 e. The van der Waals surface area contributed by atoms with Gasteiger partial charge < -0.3 is 15.4 Å².